The van der Waals surface area contributed by atoms with Crippen molar-refractivity contribution >= 4 is 17.2 Å². The van der Waals surface area contributed by atoms with Gasteiger partial charge in [0.25, 0.3) is 0 Å². The second-order valence-electron chi connectivity index (χ2n) is 4.83. The van der Waals surface area contributed by atoms with Crippen molar-refractivity contribution in [3.63, 3.8) is 0 Å². The maximum Gasteiger partial charge on any atom is 0.248 e. The molecule has 0 aliphatic carbocycles. The Labute approximate surface area is 136 Å². The van der Waals surface area contributed by atoms with Gasteiger partial charge in [-0.25, -0.2) is 9.37 Å². The van der Waals surface area contributed by atoms with Crippen molar-refractivity contribution in [3.8, 4) is 27.6 Å². The number of carbonyl (C=O) groups excluding carboxylic acids is 1. The van der Waals surface area contributed by atoms with E-state index in [1.165, 1.54) is 24.5 Å². The maximum absolute atomic E-state index is 13.8. The van der Waals surface area contributed by atoms with E-state index in [0.717, 1.165) is 10.6 Å². The van der Waals surface area contributed by atoms with E-state index < -0.39 is 11.7 Å². The quantitative estimate of drug-likeness (QED) is 0.794. The van der Waals surface area contributed by atoms with Crippen LogP contribution in [0.25, 0.3) is 21.8 Å². The normalized spacial score (nSPS) is 10.5. The molecular formula is C17H13FN2O2S. The monoisotopic (exact) mass is 328 g/mol. The molecule has 0 bridgehead atoms. The molecule has 3 aromatic rings. The summed E-state index contributed by atoms with van der Waals surface area (Å²) in [6.07, 6.45) is 0. The smallest absolute Gasteiger partial charge is 0.248 e. The van der Waals surface area contributed by atoms with Gasteiger partial charge in [0, 0.05) is 22.1 Å². The molecule has 23 heavy (non-hydrogen) atoms. The van der Waals surface area contributed by atoms with E-state index >= 15 is 0 Å². The van der Waals surface area contributed by atoms with Crippen LogP contribution in [0.2, 0.25) is 0 Å². The van der Waals surface area contributed by atoms with Gasteiger partial charge >= 0.3 is 0 Å². The fourth-order valence-corrected chi connectivity index (χ4v) is 3.00. The van der Waals surface area contributed by atoms with Gasteiger partial charge < -0.3 is 10.5 Å². The number of aromatic nitrogens is 1. The Morgan fingerprint density at radius 3 is 2.74 bits per heavy atom. The van der Waals surface area contributed by atoms with Gasteiger partial charge in [-0.05, 0) is 30.3 Å². The first kappa shape index (κ1) is 15.2. The number of primary amides is 1. The molecule has 0 atom stereocenters. The van der Waals surface area contributed by atoms with Gasteiger partial charge in [0.2, 0.25) is 5.91 Å². The van der Waals surface area contributed by atoms with E-state index in [0.29, 0.717) is 16.8 Å². The van der Waals surface area contributed by atoms with Crippen molar-refractivity contribution < 1.29 is 13.9 Å². The number of halogens is 1. The average Bonchev–Trinajstić information content (AvgIpc) is 3.05. The number of nitrogens with two attached hydrogens (primary N) is 1. The zero-order valence-electron chi connectivity index (χ0n) is 12.2. The van der Waals surface area contributed by atoms with Gasteiger partial charge in [-0.2, -0.15) is 0 Å². The Balaban J connectivity index is 1.96. The average molecular weight is 328 g/mol. The molecule has 1 aromatic heterocycles. The third-order valence-electron chi connectivity index (χ3n) is 3.35. The van der Waals surface area contributed by atoms with Crippen LogP contribution in [0.1, 0.15) is 10.4 Å². The molecule has 116 valence electrons. The number of rotatable bonds is 4. The number of thiazole rings is 1. The molecule has 0 fully saturated rings. The highest BCUT2D eigenvalue weighted by molar-refractivity contribution is 7.13. The van der Waals surface area contributed by atoms with E-state index in [-0.39, 0.29) is 5.75 Å². The number of hydrogen-bond acceptors (Lipinski definition) is 4. The molecule has 0 unspecified atom stereocenters. The fraction of sp³-hybridized carbons (Fsp3) is 0.0588. The SMILES string of the molecule is COc1ccc(-c2csc(-c3cccc(C(N)=O)c3)n2)cc1F. The Kier molecular flexibility index (Phi) is 4.08. The van der Waals surface area contributed by atoms with Crippen molar-refractivity contribution in [2.45, 2.75) is 0 Å². The molecule has 0 spiro atoms. The first-order valence-corrected chi connectivity index (χ1v) is 7.66. The lowest BCUT2D eigenvalue weighted by molar-refractivity contribution is 0.100. The topological polar surface area (TPSA) is 65.2 Å². The number of hydrogen-bond donors (Lipinski definition) is 1. The number of amides is 1. The van der Waals surface area contributed by atoms with E-state index in [4.69, 9.17) is 10.5 Å². The Bertz CT molecular complexity index is 877. The van der Waals surface area contributed by atoms with Crippen LogP contribution in [0.3, 0.4) is 0 Å². The van der Waals surface area contributed by atoms with E-state index in [1.807, 2.05) is 11.4 Å². The molecule has 4 nitrogen and oxygen atoms in total. The van der Waals surface area contributed by atoms with E-state index in [2.05, 4.69) is 4.98 Å². The summed E-state index contributed by atoms with van der Waals surface area (Å²) in [7, 11) is 1.42. The fourth-order valence-electron chi connectivity index (χ4n) is 2.17. The summed E-state index contributed by atoms with van der Waals surface area (Å²) in [6.45, 7) is 0. The molecule has 0 radical (unpaired) electrons. The molecule has 3 rings (SSSR count). The summed E-state index contributed by atoms with van der Waals surface area (Å²) >= 11 is 1.42. The highest BCUT2D eigenvalue weighted by Crippen LogP contribution is 2.31. The number of nitrogens with zero attached hydrogens (tertiary/aromatic N) is 1. The lowest BCUT2D eigenvalue weighted by Gasteiger charge is -2.03. The maximum atomic E-state index is 13.8. The number of ether oxygens (including phenoxy) is 1. The van der Waals surface area contributed by atoms with E-state index in [1.54, 1.807) is 30.3 Å². The van der Waals surface area contributed by atoms with Crippen molar-refractivity contribution in [2.24, 2.45) is 5.73 Å². The predicted octanol–water partition coefficient (Wildman–Crippen LogP) is 3.72. The van der Waals surface area contributed by atoms with Gasteiger partial charge in [-0.3, -0.25) is 4.79 Å². The van der Waals surface area contributed by atoms with Gasteiger partial charge in [-0.1, -0.05) is 12.1 Å². The van der Waals surface area contributed by atoms with Crippen molar-refractivity contribution in [1.29, 1.82) is 0 Å². The summed E-state index contributed by atoms with van der Waals surface area (Å²) < 4.78 is 18.7. The van der Waals surface area contributed by atoms with Gasteiger partial charge in [0.15, 0.2) is 11.6 Å². The van der Waals surface area contributed by atoms with Gasteiger partial charge in [-0.15, -0.1) is 11.3 Å². The second kappa shape index (κ2) is 6.18. The summed E-state index contributed by atoms with van der Waals surface area (Å²) in [5.74, 6) is -0.727. The summed E-state index contributed by atoms with van der Waals surface area (Å²) in [4.78, 5) is 15.8. The predicted molar refractivity (Wildman–Crippen MR) is 88.0 cm³/mol. The zero-order valence-corrected chi connectivity index (χ0v) is 13.1. The Morgan fingerprint density at radius 1 is 1.22 bits per heavy atom. The molecule has 2 aromatic carbocycles. The highest BCUT2D eigenvalue weighted by Gasteiger charge is 2.11. The van der Waals surface area contributed by atoms with Crippen LogP contribution in [-0.2, 0) is 0 Å². The van der Waals surface area contributed by atoms with Crippen molar-refractivity contribution in [3.05, 3.63) is 59.2 Å². The third kappa shape index (κ3) is 3.07. The minimum atomic E-state index is -0.485. The molecule has 1 heterocycles. The molecule has 6 heteroatoms. The summed E-state index contributed by atoms with van der Waals surface area (Å²) in [6, 6.07) is 11.7. The van der Waals surface area contributed by atoms with Crippen LogP contribution in [0.15, 0.2) is 47.8 Å². The minimum Gasteiger partial charge on any atom is -0.494 e. The molecular weight excluding hydrogens is 315 g/mol. The number of methoxy groups -OCH3 is 1. The minimum absolute atomic E-state index is 0.193. The molecule has 0 saturated heterocycles. The Morgan fingerprint density at radius 2 is 2.04 bits per heavy atom. The van der Waals surface area contributed by atoms with Crippen molar-refractivity contribution in [1.82, 2.24) is 4.98 Å². The first-order chi connectivity index (χ1) is 11.1. The first-order valence-electron chi connectivity index (χ1n) is 6.78. The van der Waals surface area contributed by atoms with Gasteiger partial charge in [0.05, 0.1) is 12.8 Å². The molecule has 0 aliphatic rings. The second-order valence-corrected chi connectivity index (χ2v) is 5.69. The lowest BCUT2D eigenvalue weighted by atomic mass is 10.1. The van der Waals surface area contributed by atoms with E-state index in [9.17, 15) is 9.18 Å². The lowest BCUT2D eigenvalue weighted by Crippen LogP contribution is -2.10. The number of carbonyl (C=O) groups is 1. The third-order valence-corrected chi connectivity index (χ3v) is 4.24. The van der Waals surface area contributed by atoms with Crippen LogP contribution in [0.5, 0.6) is 5.75 Å². The van der Waals surface area contributed by atoms with Crippen LogP contribution >= 0.6 is 11.3 Å². The number of benzene rings is 2. The summed E-state index contributed by atoms with van der Waals surface area (Å²) in [5, 5.41) is 2.58. The van der Waals surface area contributed by atoms with Crippen LogP contribution < -0.4 is 10.5 Å². The molecule has 2 N–H and O–H groups in total. The largest absolute Gasteiger partial charge is 0.494 e. The van der Waals surface area contributed by atoms with Crippen molar-refractivity contribution in [2.75, 3.05) is 7.11 Å². The zero-order chi connectivity index (χ0) is 16.4. The van der Waals surface area contributed by atoms with Crippen LogP contribution in [0.4, 0.5) is 4.39 Å². The van der Waals surface area contributed by atoms with Gasteiger partial charge in [0.1, 0.15) is 5.01 Å². The Hall–Kier alpha value is -2.73. The molecule has 0 aliphatic heterocycles. The standard InChI is InChI=1S/C17H13FN2O2S/c1-22-15-6-5-10(8-13(15)18)14-9-23-17(20-14)12-4-2-3-11(7-12)16(19)21/h2-9H,1H3,(H2,19,21). The molecule has 0 saturated carbocycles. The summed E-state index contributed by atoms with van der Waals surface area (Å²) in [5.41, 5.74) is 7.84. The van der Waals surface area contributed by atoms with Crippen LogP contribution in [-0.4, -0.2) is 18.0 Å². The highest BCUT2D eigenvalue weighted by atomic mass is 32.1. The van der Waals surface area contributed by atoms with Crippen LogP contribution in [0, 0.1) is 5.82 Å². The molecule has 1 amide bonds.